The summed E-state index contributed by atoms with van der Waals surface area (Å²) in [7, 11) is 1.50. The molecule has 0 radical (unpaired) electrons. The van der Waals surface area contributed by atoms with Crippen LogP contribution in [-0.4, -0.2) is 12.2 Å². The minimum absolute atomic E-state index is 0.124. The second kappa shape index (κ2) is 6.57. The zero-order chi connectivity index (χ0) is 14.7. The van der Waals surface area contributed by atoms with Crippen LogP contribution in [0.15, 0.2) is 40.9 Å². The summed E-state index contributed by atoms with van der Waals surface area (Å²) in [6.45, 7) is 0. The van der Waals surface area contributed by atoms with E-state index < -0.39 is 6.10 Å². The molecule has 0 aliphatic rings. The molecule has 0 aromatic heterocycles. The molecule has 5 heteroatoms. The van der Waals surface area contributed by atoms with Crippen LogP contribution in [0.4, 0.5) is 4.39 Å². The first-order valence-electron chi connectivity index (χ1n) is 5.97. The van der Waals surface area contributed by atoms with Crippen molar-refractivity contribution >= 4 is 27.5 Å². The van der Waals surface area contributed by atoms with Gasteiger partial charge in [0.05, 0.1) is 18.2 Å². The third-order valence-corrected chi connectivity index (χ3v) is 3.82. The van der Waals surface area contributed by atoms with E-state index in [2.05, 4.69) is 15.9 Å². The molecule has 0 aliphatic carbocycles. The molecule has 20 heavy (non-hydrogen) atoms. The van der Waals surface area contributed by atoms with Crippen LogP contribution >= 0.6 is 27.5 Å². The van der Waals surface area contributed by atoms with Crippen LogP contribution in [0.25, 0.3) is 0 Å². The van der Waals surface area contributed by atoms with Gasteiger partial charge in [-0.3, -0.25) is 0 Å². The highest BCUT2D eigenvalue weighted by Crippen LogP contribution is 2.34. The largest absolute Gasteiger partial charge is 0.496 e. The minimum Gasteiger partial charge on any atom is -0.496 e. The van der Waals surface area contributed by atoms with Crippen molar-refractivity contribution < 1.29 is 14.2 Å². The summed E-state index contributed by atoms with van der Waals surface area (Å²) >= 11 is 9.29. The van der Waals surface area contributed by atoms with Crippen LogP contribution in [0, 0.1) is 5.82 Å². The maximum Gasteiger partial charge on any atom is 0.127 e. The highest BCUT2D eigenvalue weighted by molar-refractivity contribution is 9.10. The monoisotopic (exact) mass is 358 g/mol. The third kappa shape index (κ3) is 3.32. The number of aliphatic hydroxyl groups excluding tert-OH is 1. The van der Waals surface area contributed by atoms with Gasteiger partial charge in [-0.1, -0.05) is 39.7 Å². The summed E-state index contributed by atoms with van der Waals surface area (Å²) in [5, 5.41) is 10.7. The van der Waals surface area contributed by atoms with E-state index in [1.165, 1.54) is 13.2 Å². The highest BCUT2D eigenvalue weighted by Gasteiger charge is 2.19. The molecule has 2 aromatic rings. The van der Waals surface area contributed by atoms with Gasteiger partial charge >= 0.3 is 0 Å². The van der Waals surface area contributed by atoms with Crippen molar-refractivity contribution in [1.82, 2.24) is 0 Å². The van der Waals surface area contributed by atoms with E-state index in [4.69, 9.17) is 16.3 Å². The Labute approximate surface area is 130 Å². The summed E-state index contributed by atoms with van der Waals surface area (Å²) in [4.78, 5) is 0. The molecule has 0 fully saturated rings. The summed E-state index contributed by atoms with van der Waals surface area (Å²) in [5.74, 6) is 0.118. The van der Waals surface area contributed by atoms with Crippen LogP contribution in [0.1, 0.15) is 17.2 Å². The van der Waals surface area contributed by atoms with Gasteiger partial charge in [0.15, 0.2) is 0 Å². The summed E-state index contributed by atoms with van der Waals surface area (Å²) in [6.07, 6.45) is -0.812. The molecule has 2 nitrogen and oxygen atoms in total. The SMILES string of the molecule is COc1cccc(Cl)c1C(O)Cc1ccc(Br)cc1F. The minimum atomic E-state index is -0.936. The molecule has 2 aromatic carbocycles. The van der Waals surface area contributed by atoms with Crippen molar-refractivity contribution in [3.05, 3.63) is 62.8 Å². The normalized spacial score (nSPS) is 12.2. The fourth-order valence-electron chi connectivity index (χ4n) is 2.02. The van der Waals surface area contributed by atoms with E-state index in [-0.39, 0.29) is 12.2 Å². The number of methoxy groups -OCH3 is 1. The van der Waals surface area contributed by atoms with Crippen LogP contribution in [-0.2, 0) is 6.42 Å². The number of halogens is 3. The predicted molar refractivity (Wildman–Crippen MR) is 80.8 cm³/mol. The van der Waals surface area contributed by atoms with Gasteiger partial charge in [-0.05, 0) is 29.8 Å². The van der Waals surface area contributed by atoms with E-state index >= 15 is 0 Å². The van der Waals surface area contributed by atoms with E-state index in [0.29, 0.717) is 26.4 Å². The van der Waals surface area contributed by atoms with Crippen LogP contribution in [0.5, 0.6) is 5.75 Å². The van der Waals surface area contributed by atoms with Gasteiger partial charge < -0.3 is 9.84 Å². The molecular formula is C15H13BrClFO2. The van der Waals surface area contributed by atoms with E-state index in [9.17, 15) is 9.50 Å². The van der Waals surface area contributed by atoms with Crippen molar-refractivity contribution in [2.75, 3.05) is 7.11 Å². The number of rotatable bonds is 4. The van der Waals surface area contributed by atoms with E-state index in [0.717, 1.165) is 0 Å². The molecule has 0 aliphatic heterocycles. The number of aliphatic hydroxyl groups is 1. The lowest BCUT2D eigenvalue weighted by Crippen LogP contribution is -2.06. The van der Waals surface area contributed by atoms with Gasteiger partial charge in [-0.25, -0.2) is 4.39 Å². The first-order chi connectivity index (χ1) is 9.52. The molecule has 106 valence electrons. The van der Waals surface area contributed by atoms with Crippen molar-refractivity contribution in [2.45, 2.75) is 12.5 Å². The van der Waals surface area contributed by atoms with E-state index in [1.54, 1.807) is 30.3 Å². The Morgan fingerprint density at radius 2 is 2.10 bits per heavy atom. The number of benzene rings is 2. The lowest BCUT2D eigenvalue weighted by molar-refractivity contribution is 0.173. The predicted octanol–water partition coefficient (Wildman–Crippen LogP) is 4.53. The Balaban J connectivity index is 2.30. The van der Waals surface area contributed by atoms with Crippen molar-refractivity contribution in [3.8, 4) is 5.75 Å². The second-order valence-electron chi connectivity index (χ2n) is 4.31. The van der Waals surface area contributed by atoms with E-state index in [1.807, 2.05) is 0 Å². The molecule has 0 saturated carbocycles. The zero-order valence-electron chi connectivity index (χ0n) is 10.7. The molecule has 0 amide bonds. The Bertz CT molecular complexity index is 619. The van der Waals surface area contributed by atoms with Crippen LogP contribution < -0.4 is 4.74 Å². The average Bonchev–Trinajstić information content (AvgIpc) is 2.41. The van der Waals surface area contributed by atoms with Crippen LogP contribution in [0.2, 0.25) is 5.02 Å². The summed E-state index contributed by atoms with van der Waals surface area (Å²) in [6, 6.07) is 9.84. The van der Waals surface area contributed by atoms with Gasteiger partial charge in [0.2, 0.25) is 0 Å². The van der Waals surface area contributed by atoms with Gasteiger partial charge in [0.25, 0.3) is 0 Å². The third-order valence-electron chi connectivity index (χ3n) is 2.99. The number of ether oxygens (including phenoxy) is 1. The topological polar surface area (TPSA) is 29.5 Å². The van der Waals surface area contributed by atoms with Gasteiger partial charge in [-0.2, -0.15) is 0 Å². The highest BCUT2D eigenvalue weighted by atomic mass is 79.9. The molecule has 1 N–H and O–H groups in total. The number of hydrogen-bond donors (Lipinski definition) is 1. The standard InChI is InChI=1S/C15H13BrClFO2/c1-20-14-4-2-3-11(17)15(14)13(19)7-9-5-6-10(16)8-12(9)18/h2-6,8,13,19H,7H2,1H3. The molecule has 1 unspecified atom stereocenters. The zero-order valence-corrected chi connectivity index (χ0v) is 13.1. The average molecular weight is 360 g/mol. The molecular weight excluding hydrogens is 347 g/mol. The Morgan fingerprint density at radius 1 is 1.35 bits per heavy atom. The second-order valence-corrected chi connectivity index (χ2v) is 5.63. The van der Waals surface area contributed by atoms with Gasteiger partial charge in [0, 0.05) is 16.5 Å². The molecule has 0 heterocycles. The maximum atomic E-state index is 13.8. The van der Waals surface area contributed by atoms with Crippen LogP contribution in [0.3, 0.4) is 0 Å². The summed E-state index contributed by atoms with van der Waals surface area (Å²) < 4.78 is 19.6. The first kappa shape index (κ1) is 15.3. The Morgan fingerprint density at radius 3 is 2.75 bits per heavy atom. The quantitative estimate of drug-likeness (QED) is 0.869. The van der Waals surface area contributed by atoms with Gasteiger partial charge in [-0.15, -0.1) is 0 Å². The fraction of sp³-hybridized carbons (Fsp3) is 0.200. The Kier molecular flexibility index (Phi) is 5.02. The summed E-state index contributed by atoms with van der Waals surface area (Å²) in [5.41, 5.74) is 0.890. The Hall–Kier alpha value is -1.10. The van der Waals surface area contributed by atoms with Gasteiger partial charge in [0.1, 0.15) is 11.6 Å². The lowest BCUT2D eigenvalue weighted by Gasteiger charge is -2.16. The smallest absolute Gasteiger partial charge is 0.127 e. The molecule has 0 saturated heterocycles. The number of hydrogen-bond acceptors (Lipinski definition) is 2. The molecule has 2 rings (SSSR count). The van der Waals surface area contributed by atoms with Crippen molar-refractivity contribution in [2.24, 2.45) is 0 Å². The fourth-order valence-corrected chi connectivity index (χ4v) is 2.64. The maximum absolute atomic E-state index is 13.8. The van der Waals surface area contributed by atoms with Crippen molar-refractivity contribution in [1.29, 1.82) is 0 Å². The first-order valence-corrected chi connectivity index (χ1v) is 7.14. The lowest BCUT2D eigenvalue weighted by atomic mass is 10.00. The molecule has 1 atom stereocenters. The molecule has 0 spiro atoms. The molecule has 0 bridgehead atoms. The van der Waals surface area contributed by atoms with Crippen molar-refractivity contribution in [3.63, 3.8) is 0 Å².